The van der Waals surface area contributed by atoms with Crippen molar-refractivity contribution in [1.29, 1.82) is 0 Å². The monoisotopic (exact) mass is 318 g/mol. The normalized spacial score (nSPS) is 12.0. The Labute approximate surface area is 139 Å². The first kappa shape index (κ1) is 15.4. The van der Waals surface area contributed by atoms with Crippen LogP contribution < -0.4 is 0 Å². The highest BCUT2D eigenvalue weighted by molar-refractivity contribution is 7.95. The Morgan fingerprint density at radius 2 is 1.09 bits per heavy atom. The van der Waals surface area contributed by atoms with Crippen molar-refractivity contribution in [1.82, 2.24) is 0 Å². The smallest absolute Gasteiger partial charge is 0.0893 e. The van der Waals surface area contributed by atoms with Crippen LogP contribution in [0.1, 0.15) is 21.9 Å². The van der Waals surface area contributed by atoms with Crippen LogP contribution in [0.25, 0.3) is 4.91 Å². The van der Waals surface area contributed by atoms with Crippen molar-refractivity contribution in [2.24, 2.45) is 0 Å². The Kier molecular flexibility index (Phi) is 4.84. The van der Waals surface area contributed by atoms with Gasteiger partial charge in [-0.1, -0.05) is 97.6 Å². The summed E-state index contributed by atoms with van der Waals surface area (Å²) in [7, 11) is -1.25. The molecular weight excluding hydrogens is 300 g/mol. The molecule has 3 aromatic rings. The molecule has 3 aromatic carbocycles. The molecule has 0 fully saturated rings. The van der Waals surface area contributed by atoms with Gasteiger partial charge in [0.1, 0.15) is 0 Å². The Morgan fingerprint density at radius 3 is 1.52 bits per heavy atom. The van der Waals surface area contributed by atoms with Crippen molar-refractivity contribution in [3.05, 3.63) is 114 Å². The third-order valence-corrected chi connectivity index (χ3v) is 5.45. The minimum Gasteiger partial charge on any atom is -0.253 e. The Balaban J connectivity index is 2.02. The van der Waals surface area contributed by atoms with E-state index in [1.54, 1.807) is 0 Å². The first-order valence-corrected chi connectivity index (χ1v) is 8.73. The molecule has 0 saturated carbocycles. The number of hydrogen-bond acceptors (Lipinski definition) is 1. The van der Waals surface area contributed by atoms with Gasteiger partial charge in [0.05, 0.1) is 16.0 Å². The molecule has 0 spiro atoms. The van der Waals surface area contributed by atoms with Gasteiger partial charge >= 0.3 is 0 Å². The standard InChI is InChI=1S/C21H18OS/c1-17(18-11-5-2-6-12-18)23(22)21(19-13-7-3-8-14-19)20-15-9-4-10-16-20/h2-16,21H,1H2. The maximum absolute atomic E-state index is 13.3. The van der Waals surface area contributed by atoms with E-state index in [1.807, 2.05) is 91.0 Å². The van der Waals surface area contributed by atoms with Crippen molar-refractivity contribution < 1.29 is 4.21 Å². The van der Waals surface area contributed by atoms with Crippen molar-refractivity contribution >= 4 is 15.7 Å². The molecule has 1 unspecified atom stereocenters. The van der Waals surface area contributed by atoms with E-state index < -0.39 is 10.8 Å². The van der Waals surface area contributed by atoms with Gasteiger partial charge in [-0.2, -0.15) is 0 Å². The van der Waals surface area contributed by atoms with Crippen molar-refractivity contribution in [2.75, 3.05) is 0 Å². The molecule has 0 amide bonds. The third-order valence-electron chi connectivity index (χ3n) is 3.76. The fourth-order valence-electron chi connectivity index (χ4n) is 2.58. The second-order valence-electron chi connectivity index (χ2n) is 5.29. The van der Waals surface area contributed by atoms with Crippen LogP contribution in [0, 0.1) is 0 Å². The molecule has 1 atom stereocenters. The molecule has 0 bridgehead atoms. The lowest BCUT2D eigenvalue weighted by Gasteiger charge is -2.19. The maximum atomic E-state index is 13.3. The minimum atomic E-state index is -1.25. The van der Waals surface area contributed by atoms with Gasteiger partial charge in [0, 0.05) is 4.91 Å². The predicted molar refractivity (Wildman–Crippen MR) is 98.3 cm³/mol. The van der Waals surface area contributed by atoms with Crippen LogP contribution in [-0.4, -0.2) is 4.21 Å². The zero-order chi connectivity index (χ0) is 16.1. The molecule has 3 rings (SSSR count). The summed E-state index contributed by atoms with van der Waals surface area (Å²) >= 11 is 0. The Bertz CT molecular complexity index is 756. The van der Waals surface area contributed by atoms with E-state index in [0.717, 1.165) is 16.7 Å². The number of hydrogen-bond donors (Lipinski definition) is 0. The second-order valence-corrected chi connectivity index (χ2v) is 6.85. The summed E-state index contributed by atoms with van der Waals surface area (Å²) in [6.07, 6.45) is 0. The molecule has 0 saturated heterocycles. The van der Waals surface area contributed by atoms with Gasteiger partial charge in [-0.15, -0.1) is 0 Å². The van der Waals surface area contributed by atoms with Gasteiger partial charge in [0.2, 0.25) is 0 Å². The molecule has 1 nitrogen and oxygen atoms in total. The van der Waals surface area contributed by atoms with E-state index in [0.29, 0.717) is 4.91 Å². The highest BCUT2D eigenvalue weighted by atomic mass is 32.2. The molecule has 23 heavy (non-hydrogen) atoms. The van der Waals surface area contributed by atoms with E-state index in [9.17, 15) is 4.21 Å². The van der Waals surface area contributed by atoms with Crippen LogP contribution in [0.15, 0.2) is 97.6 Å². The second kappa shape index (κ2) is 7.21. The molecule has 2 heteroatoms. The summed E-state index contributed by atoms with van der Waals surface area (Å²) in [4.78, 5) is 0.656. The van der Waals surface area contributed by atoms with Crippen LogP contribution in [-0.2, 0) is 10.8 Å². The van der Waals surface area contributed by atoms with Crippen LogP contribution in [0.4, 0.5) is 0 Å². The first-order valence-electron chi connectivity index (χ1n) is 7.52. The third kappa shape index (κ3) is 3.49. The van der Waals surface area contributed by atoms with Crippen LogP contribution in [0.2, 0.25) is 0 Å². The molecule has 0 N–H and O–H groups in total. The van der Waals surface area contributed by atoms with Gasteiger partial charge in [-0.25, -0.2) is 0 Å². The van der Waals surface area contributed by atoms with Crippen LogP contribution >= 0.6 is 0 Å². The minimum absolute atomic E-state index is 0.217. The zero-order valence-corrected chi connectivity index (χ0v) is 13.6. The average Bonchev–Trinajstić information content (AvgIpc) is 2.64. The lowest BCUT2D eigenvalue weighted by molar-refractivity contribution is 0.684. The van der Waals surface area contributed by atoms with Crippen molar-refractivity contribution in [2.45, 2.75) is 5.25 Å². The molecule has 0 aliphatic rings. The quantitative estimate of drug-likeness (QED) is 0.632. The fraction of sp³-hybridized carbons (Fsp3) is 0.0476. The van der Waals surface area contributed by atoms with E-state index >= 15 is 0 Å². The van der Waals surface area contributed by atoms with Crippen LogP contribution in [0.3, 0.4) is 0 Å². The number of rotatable bonds is 5. The van der Waals surface area contributed by atoms with Gasteiger partial charge in [0.15, 0.2) is 0 Å². The van der Waals surface area contributed by atoms with E-state index in [4.69, 9.17) is 0 Å². The summed E-state index contributed by atoms with van der Waals surface area (Å²) in [5.41, 5.74) is 2.99. The highest BCUT2D eigenvalue weighted by Crippen LogP contribution is 2.34. The van der Waals surface area contributed by atoms with Crippen LogP contribution in [0.5, 0.6) is 0 Å². The molecule has 0 radical (unpaired) electrons. The summed E-state index contributed by atoms with van der Waals surface area (Å²) < 4.78 is 13.3. The molecular formula is C21H18OS. The van der Waals surface area contributed by atoms with Crippen molar-refractivity contribution in [3.63, 3.8) is 0 Å². The molecule has 0 aliphatic heterocycles. The molecule has 0 aromatic heterocycles. The highest BCUT2D eigenvalue weighted by Gasteiger charge is 2.23. The molecule has 114 valence electrons. The summed E-state index contributed by atoms with van der Waals surface area (Å²) in [5.74, 6) is 0. The molecule has 0 aliphatic carbocycles. The first-order chi connectivity index (χ1) is 11.3. The van der Waals surface area contributed by atoms with Gasteiger partial charge in [0.25, 0.3) is 0 Å². The van der Waals surface area contributed by atoms with Gasteiger partial charge < -0.3 is 0 Å². The molecule has 0 heterocycles. The SMILES string of the molecule is C=C(c1ccccc1)S(=O)C(c1ccccc1)c1ccccc1. The Hall–Kier alpha value is -2.45. The predicted octanol–water partition coefficient (Wildman–Crippen LogP) is 5.20. The maximum Gasteiger partial charge on any atom is 0.0893 e. The van der Waals surface area contributed by atoms with Gasteiger partial charge in [-0.3, -0.25) is 4.21 Å². The van der Waals surface area contributed by atoms with E-state index in [-0.39, 0.29) is 5.25 Å². The van der Waals surface area contributed by atoms with Crippen molar-refractivity contribution in [3.8, 4) is 0 Å². The summed E-state index contributed by atoms with van der Waals surface area (Å²) in [6, 6.07) is 29.7. The average molecular weight is 318 g/mol. The zero-order valence-electron chi connectivity index (χ0n) is 12.8. The van der Waals surface area contributed by atoms with E-state index in [2.05, 4.69) is 6.58 Å². The van der Waals surface area contributed by atoms with Gasteiger partial charge in [-0.05, 0) is 16.7 Å². The lowest BCUT2D eigenvalue weighted by atomic mass is 10.0. The number of benzene rings is 3. The fourth-order valence-corrected chi connectivity index (χ4v) is 4.04. The largest absolute Gasteiger partial charge is 0.253 e. The lowest BCUT2D eigenvalue weighted by Crippen LogP contribution is -2.09. The summed E-state index contributed by atoms with van der Waals surface area (Å²) in [6.45, 7) is 4.10. The Morgan fingerprint density at radius 1 is 0.696 bits per heavy atom. The summed E-state index contributed by atoms with van der Waals surface area (Å²) in [5, 5.41) is -0.217. The van der Waals surface area contributed by atoms with E-state index in [1.165, 1.54) is 0 Å². The topological polar surface area (TPSA) is 17.1 Å².